The highest BCUT2D eigenvalue weighted by Gasteiger charge is 2.36. The summed E-state index contributed by atoms with van der Waals surface area (Å²) in [6.45, 7) is 4.68. The van der Waals surface area contributed by atoms with E-state index in [4.69, 9.17) is 16.3 Å². The molecule has 11 heteroatoms. The van der Waals surface area contributed by atoms with Crippen molar-refractivity contribution in [3.63, 3.8) is 0 Å². The number of aliphatic hydroxyl groups is 1. The van der Waals surface area contributed by atoms with Crippen LogP contribution in [0.5, 0.6) is 0 Å². The first kappa shape index (κ1) is 22.9. The van der Waals surface area contributed by atoms with Gasteiger partial charge in [0.15, 0.2) is 5.82 Å². The molecule has 0 spiro atoms. The number of hydrogen-bond donors (Lipinski definition) is 3. The lowest BCUT2D eigenvalue weighted by atomic mass is 10.1. The number of aromatic nitrogens is 4. The van der Waals surface area contributed by atoms with Gasteiger partial charge in [-0.05, 0) is 38.8 Å². The highest BCUT2D eigenvalue weighted by Crippen LogP contribution is 2.36. The number of nitrogens with zero attached hydrogens (tertiary/aromatic N) is 4. The predicted octanol–water partition coefficient (Wildman–Crippen LogP) is 3.45. The van der Waals surface area contributed by atoms with Gasteiger partial charge in [-0.3, -0.25) is 4.79 Å². The van der Waals surface area contributed by atoms with Crippen molar-refractivity contribution in [2.75, 3.05) is 18.5 Å². The molecule has 34 heavy (non-hydrogen) atoms. The van der Waals surface area contributed by atoms with Crippen LogP contribution in [0.15, 0.2) is 18.3 Å². The fraction of sp³-hybridized carbons (Fsp3) is 0.478. The van der Waals surface area contributed by atoms with Crippen LogP contribution >= 0.6 is 11.6 Å². The van der Waals surface area contributed by atoms with E-state index in [0.29, 0.717) is 48.5 Å². The van der Waals surface area contributed by atoms with Gasteiger partial charge in [0.05, 0.1) is 47.2 Å². The highest BCUT2D eigenvalue weighted by molar-refractivity contribution is 6.33. The lowest BCUT2D eigenvalue weighted by Gasteiger charge is -2.28. The van der Waals surface area contributed by atoms with Crippen molar-refractivity contribution in [2.45, 2.75) is 57.3 Å². The van der Waals surface area contributed by atoms with Crippen molar-refractivity contribution in [2.24, 2.45) is 0 Å². The number of benzene rings is 1. The molecular formula is C23H26ClFN6O3. The average Bonchev–Trinajstić information content (AvgIpc) is 3.40. The number of carbonyl (C=O) groups excluding carboxylic acids is 1. The Bertz CT molecular complexity index is 1230. The molecule has 0 bridgehead atoms. The number of H-pyrrole nitrogens is 1. The number of aromatic amines is 1. The van der Waals surface area contributed by atoms with Crippen LogP contribution < -0.4 is 5.32 Å². The maximum absolute atomic E-state index is 15.1. The van der Waals surface area contributed by atoms with Crippen LogP contribution in [0.3, 0.4) is 0 Å². The summed E-state index contributed by atoms with van der Waals surface area (Å²) < 4.78 is 20.4. The number of rotatable bonds is 5. The summed E-state index contributed by atoms with van der Waals surface area (Å²) in [6.07, 6.45) is 2.46. The molecule has 2 aromatic heterocycles. The molecule has 1 aromatic carbocycles. The minimum Gasteiger partial charge on any atom is -0.389 e. The lowest BCUT2D eigenvalue weighted by molar-refractivity contribution is -0.130. The SMILES string of the molecule is CC(C)N1C(=O)CC[C@@H]1c1nc2c(F)cc(-c3nc(N[C@@H]4CCOC[C@H]4O)ncc3Cl)cc2[nH]1. The van der Waals surface area contributed by atoms with E-state index in [1.165, 1.54) is 12.3 Å². The summed E-state index contributed by atoms with van der Waals surface area (Å²) in [5, 5.41) is 13.5. The Kier molecular flexibility index (Phi) is 6.13. The van der Waals surface area contributed by atoms with Crippen LogP contribution in [0, 0.1) is 5.82 Å². The quantitative estimate of drug-likeness (QED) is 0.503. The number of anilines is 1. The van der Waals surface area contributed by atoms with Gasteiger partial charge in [0.2, 0.25) is 11.9 Å². The van der Waals surface area contributed by atoms with Crippen LogP contribution in [0.2, 0.25) is 5.02 Å². The topological polar surface area (TPSA) is 116 Å². The summed E-state index contributed by atoms with van der Waals surface area (Å²) in [6, 6.07) is 2.64. The number of fused-ring (bicyclic) bond motifs is 1. The van der Waals surface area contributed by atoms with E-state index in [1.807, 2.05) is 13.8 Å². The molecule has 180 valence electrons. The Morgan fingerprint density at radius 1 is 1.32 bits per heavy atom. The summed E-state index contributed by atoms with van der Waals surface area (Å²) in [5.74, 6) is 0.409. The van der Waals surface area contributed by atoms with E-state index in [-0.39, 0.29) is 47.1 Å². The molecular weight excluding hydrogens is 463 g/mol. The fourth-order valence-corrected chi connectivity index (χ4v) is 4.90. The Hall–Kier alpha value is -2.82. The first-order valence-corrected chi connectivity index (χ1v) is 11.7. The van der Waals surface area contributed by atoms with Crippen molar-refractivity contribution in [3.05, 3.63) is 35.0 Å². The third-order valence-electron chi connectivity index (χ3n) is 6.34. The zero-order valence-corrected chi connectivity index (χ0v) is 19.6. The average molecular weight is 489 g/mol. The van der Waals surface area contributed by atoms with E-state index in [1.54, 1.807) is 11.0 Å². The van der Waals surface area contributed by atoms with Crippen LogP contribution in [-0.2, 0) is 9.53 Å². The molecule has 0 radical (unpaired) electrons. The van der Waals surface area contributed by atoms with Gasteiger partial charge in [-0.1, -0.05) is 11.6 Å². The smallest absolute Gasteiger partial charge is 0.223 e. The predicted molar refractivity (Wildman–Crippen MR) is 125 cm³/mol. The summed E-state index contributed by atoms with van der Waals surface area (Å²) in [4.78, 5) is 30.5. The Labute approximate surface area is 200 Å². The first-order chi connectivity index (χ1) is 16.3. The molecule has 2 aliphatic rings. The number of ether oxygens (including phenoxy) is 1. The monoisotopic (exact) mass is 488 g/mol. The van der Waals surface area contributed by atoms with Gasteiger partial charge in [-0.25, -0.2) is 19.3 Å². The zero-order chi connectivity index (χ0) is 24.0. The van der Waals surface area contributed by atoms with Crippen LogP contribution in [0.25, 0.3) is 22.3 Å². The summed E-state index contributed by atoms with van der Waals surface area (Å²) in [5.41, 5.74) is 1.52. The van der Waals surface area contributed by atoms with Crippen molar-refractivity contribution < 1.29 is 19.0 Å². The summed E-state index contributed by atoms with van der Waals surface area (Å²) in [7, 11) is 0. The molecule has 5 rings (SSSR count). The molecule has 3 N–H and O–H groups in total. The van der Waals surface area contributed by atoms with Gasteiger partial charge in [-0.15, -0.1) is 0 Å². The second-order valence-electron chi connectivity index (χ2n) is 9.00. The van der Waals surface area contributed by atoms with Gasteiger partial charge in [0, 0.05) is 24.6 Å². The molecule has 0 unspecified atom stereocenters. The number of carbonyl (C=O) groups is 1. The number of imidazole rings is 1. The number of hydrogen-bond acceptors (Lipinski definition) is 7. The second-order valence-corrected chi connectivity index (χ2v) is 9.40. The second kappa shape index (κ2) is 9.09. The van der Waals surface area contributed by atoms with Crippen LogP contribution in [0.1, 0.15) is 45.0 Å². The van der Waals surface area contributed by atoms with E-state index < -0.39 is 11.9 Å². The number of likely N-dealkylation sites (tertiary alicyclic amines) is 1. The standard InChI is InChI=1S/C23H26ClFN6O3/c1-11(2)31-17(3-4-19(31)33)22-27-16-8-12(7-14(25)21(16)29-22)20-13(24)9-26-23(30-20)28-15-5-6-34-10-18(15)32/h7-9,11,15,17-18,32H,3-6,10H2,1-2H3,(H,27,29)(H,26,28,30)/t15-,17-,18-/m1/s1. The maximum Gasteiger partial charge on any atom is 0.223 e. The van der Waals surface area contributed by atoms with Crippen LogP contribution in [0.4, 0.5) is 10.3 Å². The molecule has 2 aliphatic heterocycles. The van der Waals surface area contributed by atoms with Gasteiger partial charge in [0.25, 0.3) is 0 Å². The minimum atomic E-state index is -0.679. The van der Waals surface area contributed by atoms with E-state index in [9.17, 15) is 9.90 Å². The molecule has 2 fully saturated rings. The Balaban J connectivity index is 1.48. The third kappa shape index (κ3) is 4.21. The highest BCUT2D eigenvalue weighted by atomic mass is 35.5. The lowest BCUT2D eigenvalue weighted by Crippen LogP contribution is -2.42. The first-order valence-electron chi connectivity index (χ1n) is 11.4. The zero-order valence-electron chi connectivity index (χ0n) is 18.9. The van der Waals surface area contributed by atoms with Crippen molar-refractivity contribution >= 4 is 34.5 Å². The maximum atomic E-state index is 15.1. The van der Waals surface area contributed by atoms with Gasteiger partial charge in [-0.2, -0.15) is 0 Å². The molecule has 9 nitrogen and oxygen atoms in total. The fourth-order valence-electron chi connectivity index (χ4n) is 4.70. The summed E-state index contributed by atoms with van der Waals surface area (Å²) >= 11 is 6.37. The third-order valence-corrected chi connectivity index (χ3v) is 6.62. The number of amides is 1. The van der Waals surface area contributed by atoms with Crippen molar-refractivity contribution in [3.8, 4) is 11.3 Å². The molecule has 4 heterocycles. The number of aliphatic hydroxyl groups excluding tert-OH is 1. The molecule has 3 aromatic rings. The molecule has 1 amide bonds. The minimum absolute atomic E-state index is 0.0219. The Morgan fingerprint density at radius 2 is 2.15 bits per heavy atom. The van der Waals surface area contributed by atoms with E-state index in [2.05, 4.69) is 25.3 Å². The van der Waals surface area contributed by atoms with Gasteiger partial charge in [0.1, 0.15) is 11.3 Å². The van der Waals surface area contributed by atoms with Crippen molar-refractivity contribution in [1.29, 1.82) is 0 Å². The number of nitrogens with one attached hydrogen (secondary N) is 2. The molecule has 0 saturated carbocycles. The molecule has 3 atom stereocenters. The van der Waals surface area contributed by atoms with Crippen molar-refractivity contribution in [1.82, 2.24) is 24.8 Å². The Morgan fingerprint density at radius 3 is 2.91 bits per heavy atom. The normalized spacial score (nSPS) is 23.3. The van der Waals surface area contributed by atoms with Crippen LogP contribution in [-0.4, -0.2) is 67.3 Å². The molecule has 2 saturated heterocycles. The van der Waals surface area contributed by atoms with E-state index >= 15 is 4.39 Å². The van der Waals surface area contributed by atoms with Gasteiger partial charge >= 0.3 is 0 Å². The largest absolute Gasteiger partial charge is 0.389 e. The molecule has 0 aliphatic carbocycles. The van der Waals surface area contributed by atoms with E-state index in [0.717, 1.165) is 0 Å². The number of halogens is 2. The van der Waals surface area contributed by atoms with Gasteiger partial charge < -0.3 is 25.0 Å².